The van der Waals surface area contributed by atoms with Crippen molar-refractivity contribution in [1.82, 2.24) is 0 Å². The lowest BCUT2D eigenvalue weighted by Gasteiger charge is -2.05. The molecule has 0 radical (unpaired) electrons. The SMILES string of the molecule is N#C/C(=C/c1cccc(Br)c1)C(=O)Nc1ccc(Cl)c(Cl)c1. The van der Waals surface area contributed by atoms with Crippen molar-refractivity contribution in [2.45, 2.75) is 0 Å². The van der Waals surface area contributed by atoms with E-state index in [1.165, 1.54) is 12.1 Å². The minimum absolute atomic E-state index is 0.0100. The number of halogens is 3. The molecule has 1 amide bonds. The van der Waals surface area contributed by atoms with Gasteiger partial charge in [-0.15, -0.1) is 0 Å². The molecule has 0 aliphatic heterocycles. The second kappa shape index (κ2) is 7.46. The summed E-state index contributed by atoms with van der Waals surface area (Å²) in [5.74, 6) is -0.513. The number of nitriles is 1. The zero-order chi connectivity index (χ0) is 16.1. The molecule has 0 unspecified atom stereocenters. The van der Waals surface area contributed by atoms with E-state index < -0.39 is 5.91 Å². The van der Waals surface area contributed by atoms with Gasteiger partial charge >= 0.3 is 0 Å². The molecule has 2 aromatic carbocycles. The maximum atomic E-state index is 12.1. The summed E-state index contributed by atoms with van der Waals surface area (Å²) < 4.78 is 0.864. The van der Waals surface area contributed by atoms with Crippen LogP contribution in [0.5, 0.6) is 0 Å². The van der Waals surface area contributed by atoms with Crippen LogP contribution in [0.3, 0.4) is 0 Å². The summed E-state index contributed by atoms with van der Waals surface area (Å²) in [5.41, 5.74) is 1.20. The van der Waals surface area contributed by atoms with Crippen LogP contribution in [0.2, 0.25) is 10.0 Å². The topological polar surface area (TPSA) is 52.9 Å². The van der Waals surface area contributed by atoms with Crippen LogP contribution in [-0.2, 0) is 4.79 Å². The van der Waals surface area contributed by atoms with Crippen molar-refractivity contribution in [3.63, 3.8) is 0 Å². The number of hydrogen-bond donors (Lipinski definition) is 1. The molecule has 22 heavy (non-hydrogen) atoms. The molecule has 0 bridgehead atoms. The van der Waals surface area contributed by atoms with Crippen molar-refractivity contribution in [2.75, 3.05) is 5.32 Å². The van der Waals surface area contributed by atoms with Crippen LogP contribution in [0, 0.1) is 11.3 Å². The van der Waals surface area contributed by atoms with E-state index in [9.17, 15) is 4.79 Å². The smallest absolute Gasteiger partial charge is 0.266 e. The van der Waals surface area contributed by atoms with Gasteiger partial charge in [0, 0.05) is 10.2 Å². The minimum atomic E-state index is -0.513. The van der Waals surface area contributed by atoms with E-state index in [1.807, 2.05) is 24.3 Å². The summed E-state index contributed by atoms with van der Waals surface area (Å²) in [6, 6.07) is 13.9. The standard InChI is InChI=1S/C16H9BrCl2N2O/c17-12-3-1-2-10(7-12)6-11(9-20)16(22)21-13-4-5-14(18)15(19)8-13/h1-8H,(H,21,22)/b11-6-. The Morgan fingerprint density at radius 2 is 1.95 bits per heavy atom. The van der Waals surface area contributed by atoms with Gasteiger partial charge in [-0.05, 0) is 42.0 Å². The molecule has 6 heteroatoms. The number of carbonyl (C=O) groups is 1. The monoisotopic (exact) mass is 394 g/mol. The fourth-order valence-electron chi connectivity index (χ4n) is 1.68. The third-order valence-electron chi connectivity index (χ3n) is 2.70. The molecule has 0 atom stereocenters. The zero-order valence-corrected chi connectivity index (χ0v) is 14.2. The first-order valence-corrected chi connectivity index (χ1v) is 7.68. The van der Waals surface area contributed by atoms with Crippen molar-refractivity contribution in [2.24, 2.45) is 0 Å². The van der Waals surface area contributed by atoms with Crippen LogP contribution in [0.1, 0.15) is 5.56 Å². The molecule has 0 spiro atoms. The molecule has 0 aliphatic rings. The Morgan fingerprint density at radius 1 is 1.18 bits per heavy atom. The van der Waals surface area contributed by atoms with Gasteiger partial charge in [0.15, 0.2) is 0 Å². The van der Waals surface area contributed by atoms with Gasteiger partial charge in [0.25, 0.3) is 5.91 Å². The van der Waals surface area contributed by atoms with Gasteiger partial charge in [-0.25, -0.2) is 0 Å². The molecule has 0 saturated heterocycles. The highest BCUT2D eigenvalue weighted by Crippen LogP contribution is 2.25. The van der Waals surface area contributed by atoms with Crippen molar-refractivity contribution in [3.05, 3.63) is 68.1 Å². The Kier molecular flexibility index (Phi) is 5.62. The summed E-state index contributed by atoms with van der Waals surface area (Å²) in [6.45, 7) is 0. The highest BCUT2D eigenvalue weighted by atomic mass is 79.9. The van der Waals surface area contributed by atoms with Crippen LogP contribution in [0.15, 0.2) is 52.5 Å². The molecule has 0 fully saturated rings. The largest absolute Gasteiger partial charge is 0.321 e. The Balaban J connectivity index is 2.22. The van der Waals surface area contributed by atoms with Crippen molar-refractivity contribution < 1.29 is 4.79 Å². The minimum Gasteiger partial charge on any atom is -0.321 e. The highest BCUT2D eigenvalue weighted by Gasteiger charge is 2.10. The first kappa shape index (κ1) is 16.6. The molecule has 0 aliphatic carbocycles. The van der Waals surface area contributed by atoms with E-state index in [0.717, 1.165) is 10.0 Å². The lowest BCUT2D eigenvalue weighted by atomic mass is 10.1. The van der Waals surface area contributed by atoms with Gasteiger partial charge in [0.2, 0.25) is 0 Å². The molecule has 2 rings (SSSR count). The molecule has 0 saturated carbocycles. The quantitative estimate of drug-likeness (QED) is 0.566. The van der Waals surface area contributed by atoms with E-state index in [2.05, 4.69) is 21.2 Å². The van der Waals surface area contributed by atoms with Crippen molar-refractivity contribution >= 4 is 56.8 Å². The number of nitrogens with one attached hydrogen (secondary N) is 1. The molecule has 110 valence electrons. The Morgan fingerprint density at radius 3 is 2.59 bits per heavy atom. The summed E-state index contributed by atoms with van der Waals surface area (Å²) >= 11 is 15.0. The van der Waals surface area contributed by atoms with Gasteiger partial charge in [-0.2, -0.15) is 5.26 Å². The summed E-state index contributed by atoms with van der Waals surface area (Å²) in [5, 5.41) is 12.5. The summed E-state index contributed by atoms with van der Waals surface area (Å²) in [4.78, 5) is 12.1. The normalized spacial score (nSPS) is 10.9. The number of benzene rings is 2. The van der Waals surface area contributed by atoms with E-state index >= 15 is 0 Å². The zero-order valence-electron chi connectivity index (χ0n) is 11.1. The molecule has 0 aromatic heterocycles. The van der Waals surface area contributed by atoms with Crippen LogP contribution >= 0.6 is 39.1 Å². The van der Waals surface area contributed by atoms with Crippen LogP contribution < -0.4 is 5.32 Å². The molecular formula is C16H9BrCl2N2O. The second-order valence-electron chi connectivity index (χ2n) is 4.31. The fraction of sp³-hybridized carbons (Fsp3) is 0. The average Bonchev–Trinajstić information content (AvgIpc) is 2.48. The number of anilines is 1. The average molecular weight is 396 g/mol. The van der Waals surface area contributed by atoms with Crippen LogP contribution in [-0.4, -0.2) is 5.91 Å². The lowest BCUT2D eigenvalue weighted by Crippen LogP contribution is -2.13. The summed E-state index contributed by atoms with van der Waals surface area (Å²) in [7, 11) is 0. The maximum Gasteiger partial charge on any atom is 0.266 e. The van der Waals surface area contributed by atoms with E-state index in [-0.39, 0.29) is 5.57 Å². The number of nitrogens with zero attached hydrogens (tertiary/aromatic N) is 1. The number of hydrogen-bond acceptors (Lipinski definition) is 2. The maximum absolute atomic E-state index is 12.1. The van der Waals surface area contributed by atoms with Gasteiger partial charge in [0.05, 0.1) is 10.0 Å². The number of rotatable bonds is 3. The lowest BCUT2D eigenvalue weighted by molar-refractivity contribution is -0.112. The van der Waals surface area contributed by atoms with E-state index in [1.54, 1.807) is 18.2 Å². The highest BCUT2D eigenvalue weighted by molar-refractivity contribution is 9.10. The molecule has 2 aromatic rings. The van der Waals surface area contributed by atoms with E-state index in [0.29, 0.717) is 15.7 Å². The Bertz CT molecular complexity index is 797. The predicted molar refractivity (Wildman–Crippen MR) is 92.8 cm³/mol. The van der Waals surface area contributed by atoms with Crippen molar-refractivity contribution in [3.8, 4) is 6.07 Å². The van der Waals surface area contributed by atoms with E-state index in [4.69, 9.17) is 28.5 Å². The Labute approximate surface area is 146 Å². The van der Waals surface area contributed by atoms with Crippen LogP contribution in [0.4, 0.5) is 5.69 Å². The molecule has 1 N–H and O–H groups in total. The molecular weight excluding hydrogens is 387 g/mol. The molecule has 0 heterocycles. The van der Waals surface area contributed by atoms with Gasteiger partial charge in [-0.3, -0.25) is 4.79 Å². The first-order chi connectivity index (χ1) is 10.5. The third kappa shape index (κ3) is 4.35. The van der Waals surface area contributed by atoms with Crippen LogP contribution in [0.25, 0.3) is 6.08 Å². The number of carbonyl (C=O) groups excluding carboxylic acids is 1. The predicted octanol–water partition coefficient (Wildman–Crippen LogP) is 5.30. The van der Waals surface area contributed by atoms with Gasteiger partial charge in [0.1, 0.15) is 11.6 Å². The summed E-state index contributed by atoms with van der Waals surface area (Å²) in [6.07, 6.45) is 1.51. The molecule has 3 nitrogen and oxygen atoms in total. The number of amides is 1. The van der Waals surface area contributed by atoms with Crippen molar-refractivity contribution in [1.29, 1.82) is 5.26 Å². The first-order valence-electron chi connectivity index (χ1n) is 6.13. The second-order valence-corrected chi connectivity index (χ2v) is 6.04. The Hall–Kier alpha value is -1.80. The fourth-order valence-corrected chi connectivity index (χ4v) is 2.40. The third-order valence-corrected chi connectivity index (χ3v) is 3.93. The van der Waals surface area contributed by atoms with Gasteiger partial charge in [-0.1, -0.05) is 51.3 Å². The van der Waals surface area contributed by atoms with Gasteiger partial charge < -0.3 is 5.32 Å².